The number of hydrogen-bond acceptors (Lipinski definition) is 5. The Bertz CT molecular complexity index is 1090. The number of nitriles is 1. The molecule has 10 heteroatoms. The van der Waals surface area contributed by atoms with Crippen molar-refractivity contribution in [3.05, 3.63) is 68.6 Å². The number of para-hydroxylation sites is 1. The van der Waals surface area contributed by atoms with Crippen molar-refractivity contribution in [2.75, 3.05) is 11.4 Å². The van der Waals surface area contributed by atoms with Gasteiger partial charge in [-0.2, -0.15) is 9.94 Å². The Morgan fingerprint density at radius 1 is 1.19 bits per heavy atom. The minimum Gasteiger partial charge on any atom is -0.293 e. The molecule has 0 aliphatic rings. The Morgan fingerprint density at radius 2 is 1.85 bits per heavy atom. The summed E-state index contributed by atoms with van der Waals surface area (Å²) in [6, 6.07) is 12.5. The zero-order chi connectivity index (χ0) is 19.6. The molecule has 1 heterocycles. The highest BCUT2D eigenvalue weighted by molar-refractivity contribution is 6.37. The molecule has 1 aromatic heterocycles. The fourth-order valence-electron chi connectivity index (χ4n) is 2.48. The van der Waals surface area contributed by atoms with Crippen LogP contribution in [0.15, 0.2) is 47.3 Å². The molecule has 0 unspecified atom stereocenters. The van der Waals surface area contributed by atoms with E-state index in [1.54, 1.807) is 49.4 Å². The first-order valence-electron chi connectivity index (χ1n) is 7.79. The first-order chi connectivity index (χ1) is 13.0. The fourth-order valence-corrected chi connectivity index (χ4v) is 3.04. The molecule has 0 radical (unpaired) electrons. The third-order valence-electron chi connectivity index (χ3n) is 3.75. The molecule has 0 spiro atoms. The SMILES string of the molecule is CCN(C(=O)n1nnn(-c2c(Cl)cccc2Cl)c1=O)c1cccc(C#N)c1. The molecule has 136 valence electrons. The van der Waals surface area contributed by atoms with Crippen LogP contribution in [0.1, 0.15) is 12.5 Å². The van der Waals surface area contributed by atoms with Gasteiger partial charge in [0.1, 0.15) is 5.69 Å². The van der Waals surface area contributed by atoms with Gasteiger partial charge in [-0.1, -0.05) is 35.3 Å². The number of carbonyl (C=O) groups is 1. The van der Waals surface area contributed by atoms with Gasteiger partial charge in [0.25, 0.3) is 0 Å². The van der Waals surface area contributed by atoms with Gasteiger partial charge in [-0.15, -0.1) is 4.68 Å². The maximum atomic E-state index is 12.8. The van der Waals surface area contributed by atoms with E-state index in [9.17, 15) is 9.59 Å². The molecule has 0 bridgehead atoms. The largest absolute Gasteiger partial charge is 0.377 e. The molecule has 0 aliphatic heterocycles. The van der Waals surface area contributed by atoms with Crippen LogP contribution in [0.3, 0.4) is 0 Å². The van der Waals surface area contributed by atoms with Gasteiger partial charge in [-0.05, 0) is 47.7 Å². The number of carbonyl (C=O) groups excluding carboxylic acids is 1. The van der Waals surface area contributed by atoms with E-state index in [-0.39, 0.29) is 22.3 Å². The Labute approximate surface area is 163 Å². The van der Waals surface area contributed by atoms with E-state index in [1.807, 2.05) is 6.07 Å². The van der Waals surface area contributed by atoms with Crippen molar-refractivity contribution in [1.82, 2.24) is 19.8 Å². The van der Waals surface area contributed by atoms with Crippen molar-refractivity contribution >= 4 is 34.9 Å². The Morgan fingerprint density at radius 3 is 2.48 bits per heavy atom. The summed E-state index contributed by atoms with van der Waals surface area (Å²) >= 11 is 12.2. The molecular weight excluding hydrogens is 391 g/mol. The number of hydrogen-bond donors (Lipinski definition) is 0. The smallest absolute Gasteiger partial charge is 0.293 e. The number of tetrazole rings is 1. The minimum absolute atomic E-state index is 0.138. The Hall–Kier alpha value is -3.15. The third kappa shape index (κ3) is 3.43. The molecule has 0 aliphatic carbocycles. The van der Waals surface area contributed by atoms with Gasteiger partial charge in [0.05, 0.1) is 21.7 Å². The summed E-state index contributed by atoms with van der Waals surface area (Å²) in [7, 11) is 0. The van der Waals surface area contributed by atoms with Crippen LogP contribution in [0.5, 0.6) is 0 Å². The van der Waals surface area contributed by atoms with E-state index in [0.717, 1.165) is 4.68 Å². The highest BCUT2D eigenvalue weighted by Crippen LogP contribution is 2.26. The van der Waals surface area contributed by atoms with Crippen LogP contribution in [0.4, 0.5) is 10.5 Å². The summed E-state index contributed by atoms with van der Waals surface area (Å²) in [5, 5.41) is 16.8. The number of rotatable bonds is 3. The van der Waals surface area contributed by atoms with Gasteiger partial charge in [-0.3, -0.25) is 4.90 Å². The Balaban J connectivity index is 2.04. The zero-order valence-electron chi connectivity index (χ0n) is 14.0. The predicted octanol–water partition coefficient (Wildman–Crippen LogP) is 3.10. The second-order valence-corrected chi connectivity index (χ2v) is 6.16. The normalized spacial score (nSPS) is 10.4. The van der Waals surface area contributed by atoms with Gasteiger partial charge < -0.3 is 0 Å². The molecule has 0 atom stereocenters. The summed E-state index contributed by atoms with van der Waals surface area (Å²) < 4.78 is 1.48. The van der Waals surface area contributed by atoms with Gasteiger partial charge in [0, 0.05) is 12.2 Å². The van der Waals surface area contributed by atoms with Crippen LogP contribution in [0.25, 0.3) is 5.69 Å². The van der Waals surface area contributed by atoms with Crippen molar-refractivity contribution in [2.24, 2.45) is 0 Å². The maximum Gasteiger partial charge on any atom is 0.377 e. The number of amides is 1. The highest BCUT2D eigenvalue weighted by Gasteiger charge is 2.23. The first-order valence-corrected chi connectivity index (χ1v) is 8.55. The molecule has 1 amide bonds. The van der Waals surface area contributed by atoms with Crippen LogP contribution in [-0.2, 0) is 0 Å². The number of anilines is 1. The number of aromatic nitrogens is 4. The topological polar surface area (TPSA) is 96.8 Å². The summed E-state index contributed by atoms with van der Waals surface area (Å²) in [5.74, 6) is 0. The van der Waals surface area contributed by atoms with Gasteiger partial charge >= 0.3 is 11.7 Å². The van der Waals surface area contributed by atoms with Crippen molar-refractivity contribution < 1.29 is 4.79 Å². The second-order valence-electron chi connectivity index (χ2n) is 5.34. The van der Waals surface area contributed by atoms with Crippen LogP contribution in [0, 0.1) is 11.3 Å². The molecule has 27 heavy (non-hydrogen) atoms. The standard InChI is InChI=1S/C17H12Cl2N6O2/c1-2-23(12-6-3-5-11(9-12)10-20)16(26)25-17(27)24(21-22-25)15-13(18)7-4-8-14(15)19/h3-9H,2H2,1H3. The fraction of sp³-hybridized carbons (Fsp3) is 0.118. The zero-order valence-corrected chi connectivity index (χ0v) is 15.5. The predicted molar refractivity (Wildman–Crippen MR) is 101 cm³/mol. The van der Waals surface area contributed by atoms with Crippen molar-refractivity contribution in [1.29, 1.82) is 5.26 Å². The van der Waals surface area contributed by atoms with Gasteiger partial charge in [0.2, 0.25) is 0 Å². The number of halogens is 2. The molecule has 8 nitrogen and oxygen atoms in total. The Kier molecular flexibility index (Phi) is 5.26. The lowest BCUT2D eigenvalue weighted by Gasteiger charge is -2.19. The lowest BCUT2D eigenvalue weighted by atomic mass is 10.2. The average Bonchev–Trinajstić information content (AvgIpc) is 3.03. The molecule has 0 N–H and O–H groups in total. The summed E-state index contributed by atoms with van der Waals surface area (Å²) in [4.78, 5) is 26.8. The molecule has 0 fully saturated rings. The van der Waals surface area contributed by atoms with E-state index in [0.29, 0.717) is 15.9 Å². The molecule has 2 aromatic carbocycles. The quantitative estimate of drug-likeness (QED) is 0.626. The second kappa shape index (κ2) is 7.61. The maximum absolute atomic E-state index is 12.8. The summed E-state index contributed by atoms with van der Waals surface area (Å²) in [6.45, 7) is 1.98. The molecule has 3 rings (SSSR count). The van der Waals surface area contributed by atoms with Crippen LogP contribution < -0.4 is 10.6 Å². The van der Waals surface area contributed by atoms with E-state index >= 15 is 0 Å². The third-order valence-corrected chi connectivity index (χ3v) is 4.36. The monoisotopic (exact) mass is 402 g/mol. The summed E-state index contributed by atoms with van der Waals surface area (Å²) in [6.07, 6.45) is 0. The van der Waals surface area contributed by atoms with E-state index in [1.165, 1.54) is 4.90 Å². The molecule has 3 aromatic rings. The average molecular weight is 403 g/mol. The number of benzene rings is 2. The van der Waals surface area contributed by atoms with Gasteiger partial charge in [0.15, 0.2) is 0 Å². The minimum atomic E-state index is -0.815. The van der Waals surface area contributed by atoms with Crippen molar-refractivity contribution in [3.63, 3.8) is 0 Å². The first kappa shape index (κ1) is 18.6. The van der Waals surface area contributed by atoms with Crippen LogP contribution in [0.2, 0.25) is 10.0 Å². The van der Waals surface area contributed by atoms with Crippen LogP contribution in [-0.4, -0.2) is 32.4 Å². The number of nitrogens with zero attached hydrogens (tertiary/aromatic N) is 6. The summed E-state index contributed by atoms with van der Waals surface area (Å²) in [5.41, 5.74) is 0.167. The molecular formula is C17H12Cl2N6O2. The van der Waals surface area contributed by atoms with Crippen molar-refractivity contribution in [2.45, 2.75) is 6.92 Å². The lowest BCUT2D eigenvalue weighted by molar-refractivity contribution is 0.244. The molecule has 0 saturated heterocycles. The van der Waals surface area contributed by atoms with E-state index < -0.39 is 11.7 Å². The van der Waals surface area contributed by atoms with E-state index in [2.05, 4.69) is 10.4 Å². The molecule has 0 saturated carbocycles. The van der Waals surface area contributed by atoms with Crippen molar-refractivity contribution in [3.8, 4) is 11.8 Å². The van der Waals surface area contributed by atoms with E-state index in [4.69, 9.17) is 28.5 Å². The van der Waals surface area contributed by atoms with Crippen LogP contribution >= 0.6 is 23.2 Å². The highest BCUT2D eigenvalue weighted by atomic mass is 35.5. The van der Waals surface area contributed by atoms with Gasteiger partial charge in [-0.25, -0.2) is 9.59 Å². The lowest BCUT2D eigenvalue weighted by Crippen LogP contribution is -2.41.